The third kappa shape index (κ3) is 3.34. The van der Waals surface area contributed by atoms with Crippen molar-refractivity contribution < 1.29 is 4.42 Å². The monoisotopic (exact) mass is 264 g/mol. The normalized spacial score (nSPS) is 25.7. The second-order valence-corrected chi connectivity index (χ2v) is 6.13. The zero-order chi connectivity index (χ0) is 13.2. The van der Waals surface area contributed by atoms with Crippen molar-refractivity contribution in [3.8, 4) is 0 Å². The van der Waals surface area contributed by atoms with E-state index in [4.69, 9.17) is 4.42 Å². The smallest absolute Gasteiger partial charge is 0.230 e. The second-order valence-electron chi connectivity index (χ2n) is 6.13. The number of hydrogen-bond donors (Lipinski definition) is 0. The number of hydrogen-bond acceptors (Lipinski definition) is 5. The molecule has 106 valence electrons. The third-order valence-corrected chi connectivity index (χ3v) is 4.29. The average molecular weight is 264 g/mol. The maximum absolute atomic E-state index is 5.75. The summed E-state index contributed by atoms with van der Waals surface area (Å²) < 4.78 is 5.75. The highest BCUT2D eigenvalue weighted by Gasteiger charge is 2.29. The summed E-state index contributed by atoms with van der Waals surface area (Å²) in [4.78, 5) is 4.80. The Kier molecular flexibility index (Phi) is 3.84. The Hall–Kier alpha value is -0.940. The van der Waals surface area contributed by atoms with Gasteiger partial charge < -0.3 is 9.32 Å². The first-order valence-corrected chi connectivity index (χ1v) is 7.43. The summed E-state index contributed by atoms with van der Waals surface area (Å²) in [6, 6.07) is 0.717. The van der Waals surface area contributed by atoms with E-state index < -0.39 is 0 Å². The number of likely N-dealkylation sites (tertiary alicyclic amines) is 1. The quantitative estimate of drug-likeness (QED) is 0.830. The summed E-state index contributed by atoms with van der Waals surface area (Å²) in [6.07, 6.45) is 6.22. The molecular formula is C14H24N4O. The molecule has 1 saturated heterocycles. The minimum atomic E-state index is 0.559. The van der Waals surface area contributed by atoms with Crippen LogP contribution in [0.25, 0.3) is 0 Å². The lowest BCUT2D eigenvalue weighted by Gasteiger charge is -2.22. The fourth-order valence-corrected chi connectivity index (χ4v) is 2.83. The average Bonchev–Trinajstić information content (AvgIpc) is 3.16. The first-order valence-electron chi connectivity index (χ1n) is 7.43. The molecule has 1 aromatic rings. The molecule has 0 unspecified atom stereocenters. The molecule has 0 N–H and O–H groups in total. The van der Waals surface area contributed by atoms with Gasteiger partial charge in [0.05, 0.1) is 6.54 Å². The highest BCUT2D eigenvalue weighted by molar-refractivity contribution is 5.00. The predicted octanol–water partition coefficient (Wildman–Crippen LogP) is 1.86. The van der Waals surface area contributed by atoms with Gasteiger partial charge in [-0.15, -0.1) is 10.2 Å². The van der Waals surface area contributed by atoms with E-state index in [1.807, 2.05) is 0 Å². The van der Waals surface area contributed by atoms with E-state index in [2.05, 4.69) is 34.1 Å². The van der Waals surface area contributed by atoms with Gasteiger partial charge in [0.2, 0.25) is 11.8 Å². The zero-order valence-electron chi connectivity index (χ0n) is 12.0. The SMILES string of the molecule is CN(C)[C@H]1CCCN(Cc2nnc(C3CC3)o2)CC1. The summed E-state index contributed by atoms with van der Waals surface area (Å²) in [7, 11) is 4.36. The van der Waals surface area contributed by atoms with Crippen LogP contribution in [0.3, 0.4) is 0 Å². The fraction of sp³-hybridized carbons (Fsp3) is 0.857. The predicted molar refractivity (Wildman–Crippen MR) is 72.9 cm³/mol. The highest BCUT2D eigenvalue weighted by atomic mass is 16.4. The van der Waals surface area contributed by atoms with Crippen LogP contribution in [0.2, 0.25) is 0 Å². The molecule has 1 aliphatic heterocycles. The van der Waals surface area contributed by atoms with Crippen LogP contribution in [0.1, 0.15) is 49.8 Å². The molecule has 3 rings (SSSR count). The van der Waals surface area contributed by atoms with E-state index >= 15 is 0 Å². The highest BCUT2D eigenvalue weighted by Crippen LogP contribution is 2.39. The molecule has 2 fully saturated rings. The lowest BCUT2D eigenvalue weighted by Crippen LogP contribution is -2.30. The van der Waals surface area contributed by atoms with Gasteiger partial charge in [0.25, 0.3) is 0 Å². The van der Waals surface area contributed by atoms with Crippen molar-refractivity contribution >= 4 is 0 Å². The van der Waals surface area contributed by atoms with Gasteiger partial charge in [-0.25, -0.2) is 0 Å². The van der Waals surface area contributed by atoms with E-state index in [1.165, 1.54) is 32.1 Å². The van der Waals surface area contributed by atoms with Crippen LogP contribution >= 0.6 is 0 Å². The van der Waals surface area contributed by atoms with Crippen molar-refractivity contribution in [2.45, 2.75) is 50.6 Å². The molecule has 5 nitrogen and oxygen atoms in total. The molecule has 0 amide bonds. The largest absolute Gasteiger partial charge is 0.424 e. The van der Waals surface area contributed by atoms with Crippen molar-refractivity contribution in [3.63, 3.8) is 0 Å². The van der Waals surface area contributed by atoms with Gasteiger partial charge in [0.1, 0.15) is 0 Å². The number of rotatable bonds is 4. The van der Waals surface area contributed by atoms with Crippen LogP contribution in [-0.4, -0.2) is 53.2 Å². The third-order valence-electron chi connectivity index (χ3n) is 4.29. The lowest BCUT2D eigenvalue weighted by atomic mass is 10.1. The number of nitrogens with zero attached hydrogens (tertiary/aromatic N) is 4. The van der Waals surface area contributed by atoms with Crippen molar-refractivity contribution in [3.05, 3.63) is 11.8 Å². The summed E-state index contributed by atoms with van der Waals surface area (Å²) in [5, 5.41) is 8.35. The zero-order valence-corrected chi connectivity index (χ0v) is 12.0. The van der Waals surface area contributed by atoms with Crippen molar-refractivity contribution in [1.82, 2.24) is 20.0 Å². The Bertz CT molecular complexity index is 413. The minimum absolute atomic E-state index is 0.559. The first kappa shape index (κ1) is 13.1. The Labute approximate surface area is 115 Å². The molecule has 0 bridgehead atoms. The molecule has 1 saturated carbocycles. The van der Waals surface area contributed by atoms with Crippen LogP contribution in [-0.2, 0) is 6.54 Å². The molecule has 0 radical (unpaired) electrons. The molecule has 1 atom stereocenters. The van der Waals surface area contributed by atoms with Gasteiger partial charge in [0.15, 0.2) is 0 Å². The summed E-state index contributed by atoms with van der Waals surface area (Å²) >= 11 is 0. The molecule has 5 heteroatoms. The van der Waals surface area contributed by atoms with Crippen molar-refractivity contribution in [1.29, 1.82) is 0 Å². The van der Waals surface area contributed by atoms with Gasteiger partial charge in [-0.2, -0.15) is 0 Å². The van der Waals surface area contributed by atoms with Crippen LogP contribution in [0.5, 0.6) is 0 Å². The van der Waals surface area contributed by atoms with E-state index in [-0.39, 0.29) is 0 Å². The Morgan fingerprint density at radius 3 is 2.74 bits per heavy atom. The first-order chi connectivity index (χ1) is 9.22. The van der Waals surface area contributed by atoms with Crippen LogP contribution in [0.4, 0.5) is 0 Å². The Balaban J connectivity index is 1.54. The maximum Gasteiger partial charge on any atom is 0.230 e. The van der Waals surface area contributed by atoms with Gasteiger partial charge >= 0.3 is 0 Å². The van der Waals surface area contributed by atoms with Gasteiger partial charge in [0, 0.05) is 18.5 Å². The molecule has 2 heterocycles. The van der Waals surface area contributed by atoms with Crippen molar-refractivity contribution in [2.75, 3.05) is 27.2 Å². The summed E-state index contributed by atoms with van der Waals surface area (Å²) in [5.41, 5.74) is 0. The molecule has 0 spiro atoms. The van der Waals surface area contributed by atoms with E-state index in [0.717, 1.165) is 37.5 Å². The topological polar surface area (TPSA) is 45.4 Å². The molecule has 0 aromatic carbocycles. The summed E-state index contributed by atoms with van der Waals surface area (Å²) in [5.74, 6) is 2.21. The molecule has 19 heavy (non-hydrogen) atoms. The van der Waals surface area contributed by atoms with Gasteiger partial charge in [-0.05, 0) is 52.7 Å². The van der Waals surface area contributed by atoms with Crippen molar-refractivity contribution in [2.24, 2.45) is 0 Å². The Morgan fingerprint density at radius 2 is 2.00 bits per heavy atom. The van der Waals surface area contributed by atoms with E-state index in [1.54, 1.807) is 0 Å². The number of aromatic nitrogens is 2. The van der Waals surface area contributed by atoms with Crippen LogP contribution in [0, 0.1) is 0 Å². The Morgan fingerprint density at radius 1 is 1.16 bits per heavy atom. The van der Waals surface area contributed by atoms with Gasteiger partial charge in [-0.1, -0.05) is 0 Å². The molecule has 1 aromatic heterocycles. The van der Waals surface area contributed by atoms with Crippen LogP contribution in [0.15, 0.2) is 4.42 Å². The lowest BCUT2D eigenvalue weighted by molar-refractivity contribution is 0.229. The van der Waals surface area contributed by atoms with E-state index in [0.29, 0.717) is 5.92 Å². The van der Waals surface area contributed by atoms with Gasteiger partial charge in [-0.3, -0.25) is 4.90 Å². The molecular weight excluding hydrogens is 240 g/mol. The summed E-state index contributed by atoms with van der Waals surface area (Å²) in [6.45, 7) is 3.09. The maximum atomic E-state index is 5.75. The van der Waals surface area contributed by atoms with Crippen LogP contribution < -0.4 is 0 Å². The second kappa shape index (κ2) is 5.59. The molecule has 2 aliphatic rings. The fourth-order valence-electron chi connectivity index (χ4n) is 2.83. The van der Waals surface area contributed by atoms with E-state index in [9.17, 15) is 0 Å². The molecule has 1 aliphatic carbocycles. The minimum Gasteiger partial charge on any atom is -0.424 e. The standard InChI is InChI=1S/C14H24N4O/c1-17(2)12-4-3-8-18(9-7-12)10-13-15-16-14(19-13)11-5-6-11/h11-12H,3-10H2,1-2H3/t12-/m0/s1.